The summed E-state index contributed by atoms with van der Waals surface area (Å²) < 4.78 is 0. The fourth-order valence-corrected chi connectivity index (χ4v) is 2.86. The number of rotatable bonds is 5. The maximum atomic E-state index is 11.7. The van der Waals surface area contributed by atoms with Gasteiger partial charge >= 0.3 is 0 Å². The van der Waals surface area contributed by atoms with Gasteiger partial charge in [0.25, 0.3) is 0 Å². The minimum Gasteiger partial charge on any atom is -0.299 e. The second kappa shape index (κ2) is 5.53. The van der Waals surface area contributed by atoms with E-state index in [1.165, 1.54) is 29.7 Å². The van der Waals surface area contributed by atoms with E-state index in [0.717, 1.165) is 6.42 Å². The monoisotopic (exact) mass is 234 g/mol. The van der Waals surface area contributed by atoms with E-state index in [1.807, 2.05) is 12.1 Å². The Morgan fingerprint density at radius 3 is 2.75 bits per heavy atom. The Hall–Kier alpha value is -0.760. The van der Waals surface area contributed by atoms with Crippen molar-refractivity contribution >= 4 is 17.5 Å². The number of benzene rings is 1. The number of Topliss-reactive ketones (excluding diaryl/α,β-unsaturated/α-hetero) is 1. The van der Waals surface area contributed by atoms with Crippen LogP contribution >= 0.6 is 11.8 Å². The van der Waals surface area contributed by atoms with Crippen LogP contribution in [-0.4, -0.2) is 11.5 Å². The van der Waals surface area contributed by atoms with E-state index in [1.54, 1.807) is 11.8 Å². The third-order valence-corrected chi connectivity index (χ3v) is 4.46. The van der Waals surface area contributed by atoms with Crippen LogP contribution in [0.5, 0.6) is 0 Å². The topological polar surface area (TPSA) is 17.1 Å². The molecular weight excluding hydrogens is 216 g/mol. The normalized spacial score (nSPS) is 15.8. The van der Waals surface area contributed by atoms with Crippen molar-refractivity contribution < 1.29 is 4.79 Å². The van der Waals surface area contributed by atoms with Gasteiger partial charge in [-0.25, -0.2) is 0 Å². The molecule has 1 saturated carbocycles. The van der Waals surface area contributed by atoms with E-state index in [2.05, 4.69) is 19.1 Å². The summed E-state index contributed by atoms with van der Waals surface area (Å²) in [7, 11) is 0. The molecule has 16 heavy (non-hydrogen) atoms. The Balaban J connectivity index is 1.78. The van der Waals surface area contributed by atoms with Crippen LogP contribution in [0.3, 0.4) is 0 Å². The van der Waals surface area contributed by atoms with Crippen LogP contribution in [0, 0.1) is 12.8 Å². The summed E-state index contributed by atoms with van der Waals surface area (Å²) in [4.78, 5) is 13.0. The van der Waals surface area contributed by atoms with E-state index in [0.29, 0.717) is 17.5 Å². The molecule has 1 aliphatic carbocycles. The Labute approximate surface area is 102 Å². The van der Waals surface area contributed by atoms with Crippen molar-refractivity contribution in [2.45, 2.75) is 37.5 Å². The molecule has 86 valence electrons. The van der Waals surface area contributed by atoms with Crippen molar-refractivity contribution in [3.05, 3.63) is 29.8 Å². The molecule has 0 aromatic heterocycles. The highest BCUT2D eigenvalue weighted by atomic mass is 32.2. The van der Waals surface area contributed by atoms with Crippen LogP contribution in [0.1, 0.15) is 31.2 Å². The fraction of sp³-hybridized carbons (Fsp3) is 0.500. The zero-order chi connectivity index (χ0) is 11.4. The molecule has 0 bridgehead atoms. The van der Waals surface area contributed by atoms with Gasteiger partial charge in [0.1, 0.15) is 5.78 Å². The largest absolute Gasteiger partial charge is 0.299 e. The number of hydrogen-bond donors (Lipinski definition) is 0. The van der Waals surface area contributed by atoms with Crippen LogP contribution < -0.4 is 0 Å². The Bertz CT molecular complexity index is 369. The lowest BCUT2D eigenvalue weighted by Gasteiger charge is -2.24. The molecule has 0 saturated heterocycles. The molecule has 0 radical (unpaired) electrons. The lowest BCUT2D eigenvalue weighted by atomic mass is 9.82. The van der Waals surface area contributed by atoms with Gasteiger partial charge in [-0.1, -0.05) is 37.5 Å². The Morgan fingerprint density at radius 1 is 1.38 bits per heavy atom. The lowest BCUT2D eigenvalue weighted by Crippen LogP contribution is -2.16. The second-order valence-electron chi connectivity index (χ2n) is 4.59. The maximum Gasteiger partial charge on any atom is 0.143 e. The van der Waals surface area contributed by atoms with Crippen molar-refractivity contribution in [1.29, 1.82) is 0 Å². The van der Waals surface area contributed by atoms with Crippen molar-refractivity contribution in [1.82, 2.24) is 0 Å². The van der Waals surface area contributed by atoms with Crippen molar-refractivity contribution in [2.24, 2.45) is 5.92 Å². The first kappa shape index (κ1) is 11.7. The van der Waals surface area contributed by atoms with Gasteiger partial charge in [0.15, 0.2) is 0 Å². The highest BCUT2D eigenvalue weighted by Crippen LogP contribution is 2.30. The smallest absolute Gasteiger partial charge is 0.143 e. The average molecular weight is 234 g/mol. The van der Waals surface area contributed by atoms with Gasteiger partial charge in [0, 0.05) is 11.3 Å². The first-order valence-corrected chi connectivity index (χ1v) is 6.94. The molecule has 0 heterocycles. The molecule has 2 rings (SSSR count). The van der Waals surface area contributed by atoms with Gasteiger partial charge in [-0.3, -0.25) is 4.79 Å². The van der Waals surface area contributed by atoms with E-state index < -0.39 is 0 Å². The third kappa shape index (κ3) is 3.11. The van der Waals surface area contributed by atoms with Crippen LogP contribution in [0.4, 0.5) is 0 Å². The number of carbonyl (C=O) groups is 1. The molecule has 0 N–H and O–H groups in total. The van der Waals surface area contributed by atoms with E-state index in [-0.39, 0.29) is 0 Å². The number of carbonyl (C=O) groups excluding carboxylic acids is 1. The van der Waals surface area contributed by atoms with Gasteiger partial charge < -0.3 is 0 Å². The molecule has 0 spiro atoms. The minimum absolute atomic E-state index is 0.415. The summed E-state index contributed by atoms with van der Waals surface area (Å²) in [5.41, 5.74) is 1.27. The molecular formula is C14H18OS. The molecule has 1 aliphatic rings. The van der Waals surface area contributed by atoms with E-state index >= 15 is 0 Å². The summed E-state index contributed by atoms with van der Waals surface area (Å²) in [5, 5.41) is 0. The van der Waals surface area contributed by atoms with Crippen LogP contribution in [0.15, 0.2) is 29.2 Å². The third-order valence-electron chi connectivity index (χ3n) is 3.22. The Kier molecular flexibility index (Phi) is 4.05. The van der Waals surface area contributed by atoms with Crippen LogP contribution in [-0.2, 0) is 4.79 Å². The maximum absolute atomic E-state index is 11.7. The molecule has 1 nitrogen and oxygen atoms in total. The molecule has 1 aromatic carbocycles. The standard InChI is InChI=1S/C14H18OS/c1-11-5-2-3-8-14(11)16-10-13(15)9-12-6-4-7-12/h2-3,5,8,12H,4,6-7,9-10H2,1H3. The van der Waals surface area contributed by atoms with Crippen molar-refractivity contribution in [3.8, 4) is 0 Å². The molecule has 0 amide bonds. The molecule has 2 heteroatoms. The highest BCUT2D eigenvalue weighted by molar-refractivity contribution is 8.00. The van der Waals surface area contributed by atoms with Gasteiger partial charge in [0.05, 0.1) is 5.75 Å². The Morgan fingerprint density at radius 2 is 2.12 bits per heavy atom. The summed E-state index contributed by atoms with van der Waals surface area (Å²) in [6.07, 6.45) is 4.66. The van der Waals surface area contributed by atoms with Gasteiger partial charge in [-0.2, -0.15) is 0 Å². The van der Waals surface area contributed by atoms with Crippen LogP contribution in [0.25, 0.3) is 0 Å². The quantitative estimate of drug-likeness (QED) is 0.720. The first-order chi connectivity index (χ1) is 7.75. The molecule has 0 atom stereocenters. The number of hydrogen-bond acceptors (Lipinski definition) is 2. The predicted octanol–water partition coefficient (Wildman–Crippen LogP) is 3.85. The van der Waals surface area contributed by atoms with E-state index in [4.69, 9.17) is 0 Å². The number of thioether (sulfide) groups is 1. The number of aryl methyl sites for hydroxylation is 1. The van der Waals surface area contributed by atoms with Crippen molar-refractivity contribution in [3.63, 3.8) is 0 Å². The van der Waals surface area contributed by atoms with E-state index in [9.17, 15) is 4.79 Å². The van der Waals surface area contributed by atoms with Gasteiger partial charge in [-0.15, -0.1) is 11.8 Å². The van der Waals surface area contributed by atoms with Gasteiger partial charge in [-0.05, 0) is 24.5 Å². The lowest BCUT2D eigenvalue weighted by molar-refractivity contribution is -0.118. The van der Waals surface area contributed by atoms with Crippen LogP contribution in [0.2, 0.25) is 0 Å². The second-order valence-corrected chi connectivity index (χ2v) is 5.61. The molecule has 0 unspecified atom stereocenters. The highest BCUT2D eigenvalue weighted by Gasteiger charge is 2.20. The van der Waals surface area contributed by atoms with Gasteiger partial charge in [0.2, 0.25) is 0 Å². The number of ketones is 1. The molecule has 0 aliphatic heterocycles. The summed E-state index contributed by atoms with van der Waals surface area (Å²) >= 11 is 1.68. The molecule has 1 aromatic rings. The zero-order valence-electron chi connectivity index (χ0n) is 9.74. The average Bonchev–Trinajstić information content (AvgIpc) is 2.22. The molecule has 1 fully saturated rings. The predicted molar refractivity (Wildman–Crippen MR) is 68.9 cm³/mol. The minimum atomic E-state index is 0.415. The zero-order valence-corrected chi connectivity index (χ0v) is 10.6. The summed E-state index contributed by atoms with van der Waals surface area (Å²) in [6.45, 7) is 2.10. The SMILES string of the molecule is Cc1ccccc1SCC(=O)CC1CCC1. The van der Waals surface area contributed by atoms with Crippen molar-refractivity contribution in [2.75, 3.05) is 5.75 Å². The summed E-state index contributed by atoms with van der Waals surface area (Å²) in [5.74, 6) is 1.75. The fourth-order valence-electron chi connectivity index (χ4n) is 1.95. The first-order valence-electron chi connectivity index (χ1n) is 5.96. The summed E-state index contributed by atoms with van der Waals surface area (Å²) in [6, 6.07) is 8.26.